The maximum absolute atomic E-state index is 12.2. The summed E-state index contributed by atoms with van der Waals surface area (Å²) < 4.78 is 0. The molecule has 3 rings (SSSR count). The number of hydrogen-bond donors (Lipinski definition) is 0. The first kappa shape index (κ1) is 14.8. The molecule has 1 amide bonds. The molecular formula is C15H14N4OS2. The van der Waals surface area contributed by atoms with Crippen molar-refractivity contribution in [2.45, 2.75) is 13.0 Å². The molecule has 0 radical (unpaired) electrons. The minimum atomic E-state index is 0.0528. The molecule has 112 valence electrons. The lowest BCUT2D eigenvalue weighted by molar-refractivity contribution is -0.129. The van der Waals surface area contributed by atoms with Crippen LogP contribution in [0.5, 0.6) is 0 Å². The Morgan fingerprint density at radius 1 is 1.27 bits per heavy atom. The van der Waals surface area contributed by atoms with Gasteiger partial charge in [0.15, 0.2) is 10.8 Å². The zero-order chi connectivity index (χ0) is 15.4. The Bertz CT molecular complexity index is 740. The van der Waals surface area contributed by atoms with Gasteiger partial charge in [0.2, 0.25) is 5.91 Å². The zero-order valence-electron chi connectivity index (χ0n) is 12.0. The predicted octanol–water partition coefficient (Wildman–Crippen LogP) is 2.86. The molecule has 0 N–H and O–H groups in total. The van der Waals surface area contributed by atoms with Gasteiger partial charge in [0.1, 0.15) is 0 Å². The van der Waals surface area contributed by atoms with E-state index in [-0.39, 0.29) is 5.91 Å². The second-order valence-electron chi connectivity index (χ2n) is 4.77. The van der Waals surface area contributed by atoms with E-state index >= 15 is 0 Å². The Kier molecular flexibility index (Phi) is 4.55. The highest BCUT2D eigenvalue weighted by Gasteiger charge is 2.14. The quantitative estimate of drug-likeness (QED) is 0.722. The molecule has 0 atom stereocenters. The Morgan fingerprint density at radius 3 is 2.82 bits per heavy atom. The summed E-state index contributed by atoms with van der Waals surface area (Å²) in [4.78, 5) is 26.8. The smallest absolute Gasteiger partial charge is 0.228 e. The first-order chi connectivity index (χ1) is 10.7. The van der Waals surface area contributed by atoms with Gasteiger partial charge in [-0.05, 0) is 28.5 Å². The van der Waals surface area contributed by atoms with E-state index < -0.39 is 0 Å². The molecule has 0 aromatic carbocycles. The molecule has 0 fully saturated rings. The third kappa shape index (κ3) is 3.55. The van der Waals surface area contributed by atoms with Crippen LogP contribution in [0.2, 0.25) is 0 Å². The summed E-state index contributed by atoms with van der Waals surface area (Å²) in [7, 11) is 1.81. The highest BCUT2D eigenvalue weighted by molar-refractivity contribution is 7.13. The van der Waals surface area contributed by atoms with Gasteiger partial charge < -0.3 is 4.90 Å². The summed E-state index contributed by atoms with van der Waals surface area (Å²) in [5.74, 6) is 0.648. The second kappa shape index (κ2) is 6.76. The summed E-state index contributed by atoms with van der Waals surface area (Å²) in [6.07, 6.45) is 3.66. The van der Waals surface area contributed by atoms with Crippen molar-refractivity contribution in [3.63, 3.8) is 0 Å². The summed E-state index contributed by atoms with van der Waals surface area (Å²) in [5.41, 5.74) is 1.91. The topological polar surface area (TPSA) is 59.0 Å². The second-order valence-corrected chi connectivity index (χ2v) is 6.41. The van der Waals surface area contributed by atoms with E-state index in [9.17, 15) is 4.79 Å². The van der Waals surface area contributed by atoms with Crippen molar-refractivity contribution in [2.24, 2.45) is 0 Å². The lowest BCUT2D eigenvalue weighted by Gasteiger charge is -2.15. The fourth-order valence-corrected chi connectivity index (χ4v) is 3.36. The Balaban J connectivity index is 1.63. The third-order valence-electron chi connectivity index (χ3n) is 3.07. The molecule has 0 bridgehead atoms. The molecule has 0 saturated heterocycles. The van der Waals surface area contributed by atoms with Crippen molar-refractivity contribution in [3.05, 3.63) is 51.9 Å². The van der Waals surface area contributed by atoms with Crippen LogP contribution in [-0.2, 0) is 17.8 Å². The van der Waals surface area contributed by atoms with Crippen LogP contribution in [0.3, 0.4) is 0 Å². The molecule has 0 aliphatic heterocycles. The number of aromatic nitrogens is 3. The molecule has 3 aromatic rings. The lowest BCUT2D eigenvalue weighted by Crippen LogP contribution is -2.27. The lowest BCUT2D eigenvalue weighted by atomic mass is 10.2. The number of carbonyl (C=O) groups is 1. The fraction of sp³-hybridized carbons (Fsp3) is 0.200. The molecule has 0 unspecified atom stereocenters. The number of carbonyl (C=O) groups excluding carboxylic acids is 1. The zero-order valence-corrected chi connectivity index (χ0v) is 13.6. The number of rotatable bonds is 5. The van der Waals surface area contributed by atoms with Crippen LogP contribution in [-0.4, -0.2) is 32.8 Å². The van der Waals surface area contributed by atoms with Gasteiger partial charge in [-0.25, -0.2) is 15.0 Å². The maximum atomic E-state index is 12.2. The Morgan fingerprint density at radius 2 is 2.09 bits per heavy atom. The monoisotopic (exact) mass is 330 g/mol. The van der Waals surface area contributed by atoms with Crippen LogP contribution >= 0.6 is 22.7 Å². The van der Waals surface area contributed by atoms with Crippen LogP contribution in [0.15, 0.2) is 40.7 Å². The van der Waals surface area contributed by atoms with Crippen molar-refractivity contribution in [2.75, 3.05) is 7.05 Å². The number of likely N-dealkylation sites (N-methyl/N-ethyl adjacent to an activating group) is 1. The largest absolute Gasteiger partial charge is 0.341 e. The maximum Gasteiger partial charge on any atom is 0.228 e. The van der Waals surface area contributed by atoms with E-state index in [1.807, 2.05) is 23.9 Å². The van der Waals surface area contributed by atoms with E-state index in [1.165, 1.54) is 11.3 Å². The normalized spacial score (nSPS) is 10.6. The molecule has 5 nitrogen and oxygen atoms in total. The van der Waals surface area contributed by atoms with Crippen LogP contribution in [0, 0.1) is 0 Å². The first-order valence-electron chi connectivity index (χ1n) is 6.69. The SMILES string of the molecule is CN(Cc1ccsc1)C(=O)Cc1csc(-c2ncccn2)n1. The van der Waals surface area contributed by atoms with Crippen LogP contribution in [0.1, 0.15) is 11.3 Å². The van der Waals surface area contributed by atoms with Crippen LogP contribution in [0.4, 0.5) is 0 Å². The summed E-state index contributed by atoms with van der Waals surface area (Å²) >= 11 is 3.09. The van der Waals surface area contributed by atoms with Gasteiger partial charge in [-0.15, -0.1) is 11.3 Å². The number of amides is 1. The first-order valence-corrected chi connectivity index (χ1v) is 8.51. The van der Waals surface area contributed by atoms with Crippen molar-refractivity contribution < 1.29 is 4.79 Å². The average Bonchev–Trinajstić information content (AvgIpc) is 3.20. The molecule has 7 heteroatoms. The van der Waals surface area contributed by atoms with E-state index in [4.69, 9.17) is 0 Å². The third-order valence-corrected chi connectivity index (χ3v) is 4.69. The van der Waals surface area contributed by atoms with Gasteiger partial charge in [0.25, 0.3) is 0 Å². The summed E-state index contributed by atoms with van der Waals surface area (Å²) in [5, 5.41) is 6.70. The van der Waals surface area contributed by atoms with E-state index in [0.717, 1.165) is 16.3 Å². The molecule has 0 aliphatic rings. The van der Waals surface area contributed by atoms with Gasteiger partial charge in [-0.3, -0.25) is 4.79 Å². The Labute approximate surface area is 136 Å². The molecule has 3 aromatic heterocycles. The molecule has 0 saturated carbocycles. The molecule has 0 spiro atoms. The number of thiazole rings is 1. The van der Waals surface area contributed by atoms with Gasteiger partial charge in [0, 0.05) is 31.4 Å². The molecule has 3 heterocycles. The van der Waals surface area contributed by atoms with E-state index in [2.05, 4.69) is 20.3 Å². The minimum absolute atomic E-state index is 0.0528. The van der Waals surface area contributed by atoms with Crippen molar-refractivity contribution in [1.82, 2.24) is 19.9 Å². The van der Waals surface area contributed by atoms with Crippen molar-refractivity contribution in [1.29, 1.82) is 0 Å². The average molecular weight is 330 g/mol. The van der Waals surface area contributed by atoms with Crippen molar-refractivity contribution >= 4 is 28.6 Å². The number of nitrogens with zero attached hydrogens (tertiary/aromatic N) is 4. The summed E-state index contributed by atoms with van der Waals surface area (Å²) in [6.45, 7) is 0.626. The number of thiophene rings is 1. The number of hydrogen-bond acceptors (Lipinski definition) is 6. The highest BCUT2D eigenvalue weighted by Crippen LogP contribution is 2.20. The van der Waals surface area contributed by atoms with Crippen LogP contribution in [0.25, 0.3) is 10.8 Å². The van der Waals surface area contributed by atoms with Gasteiger partial charge in [-0.2, -0.15) is 11.3 Å². The predicted molar refractivity (Wildman–Crippen MR) is 87.6 cm³/mol. The minimum Gasteiger partial charge on any atom is -0.341 e. The molecule has 22 heavy (non-hydrogen) atoms. The van der Waals surface area contributed by atoms with Crippen molar-refractivity contribution in [3.8, 4) is 10.8 Å². The van der Waals surface area contributed by atoms with Crippen LogP contribution < -0.4 is 0 Å². The Hall–Kier alpha value is -2.12. The fourth-order valence-electron chi connectivity index (χ4n) is 1.93. The van der Waals surface area contributed by atoms with Gasteiger partial charge in [0.05, 0.1) is 12.1 Å². The standard InChI is InChI=1S/C15H14N4OS2/c1-19(8-11-3-6-21-9-11)13(20)7-12-10-22-15(18-12)14-16-4-2-5-17-14/h2-6,9-10H,7-8H2,1H3. The highest BCUT2D eigenvalue weighted by atomic mass is 32.1. The molecule has 0 aliphatic carbocycles. The van der Waals surface area contributed by atoms with E-state index in [1.54, 1.807) is 34.7 Å². The van der Waals surface area contributed by atoms with E-state index in [0.29, 0.717) is 18.8 Å². The van der Waals surface area contributed by atoms with Gasteiger partial charge in [-0.1, -0.05) is 0 Å². The summed E-state index contributed by atoms with van der Waals surface area (Å²) in [6, 6.07) is 3.79. The molecular weight excluding hydrogens is 316 g/mol. The van der Waals surface area contributed by atoms with Gasteiger partial charge >= 0.3 is 0 Å².